The number of aryl methyl sites for hydroxylation is 2. The lowest BCUT2D eigenvalue weighted by molar-refractivity contribution is 0.0452. The molecule has 3 heterocycles. The molecule has 4 rings (SSSR count). The minimum Gasteiger partial charge on any atom is -0.453 e. The summed E-state index contributed by atoms with van der Waals surface area (Å²) in [6, 6.07) is 14.5. The summed E-state index contributed by atoms with van der Waals surface area (Å²) in [5, 5.41) is 16.1. The number of halogens is 1. The monoisotopic (exact) mass is 409 g/mol. The SMILES string of the molecule is Cc1cc(C)n(-c2ccc(Cl)c(C(=O)OCc3nnnn3-c3ccccc3)n2)n1. The van der Waals surface area contributed by atoms with Crippen molar-refractivity contribution in [3.05, 3.63) is 76.5 Å². The lowest BCUT2D eigenvalue weighted by Crippen LogP contribution is -2.13. The summed E-state index contributed by atoms with van der Waals surface area (Å²) in [4.78, 5) is 16.9. The fourth-order valence-electron chi connectivity index (χ4n) is 2.82. The van der Waals surface area contributed by atoms with Crippen LogP contribution in [-0.4, -0.2) is 40.9 Å². The van der Waals surface area contributed by atoms with Gasteiger partial charge in [0.15, 0.2) is 23.9 Å². The van der Waals surface area contributed by atoms with Crippen LogP contribution in [-0.2, 0) is 11.3 Å². The number of tetrazole rings is 1. The second kappa shape index (κ2) is 7.80. The maximum atomic E-state index is 12.6. The molecule has 1 aromatic carbocycles. The van der Waals surface area contributed by atoms with Crippen molar-refractivity contribution in [2.24, 2.45) is 0 Å². The molecule has 0 fully saturated rings. The molecule has 146 valence electrons. The van der Waals surface area contributed by atoms with Gasteiger partial charge in [-0.3, -0.25) is 0 Å². The molecule has 29 heavy (non-hydrogen) atoms. The van der Waals surface area contributed by atoms with Crippen molar-refractivity contribution in [1.82, 2.24) is 35.0 Å². The molecule has 0 N–H and O–H groups in total. The minimum absolute atomic E-state index is 0.00421. The molecule has 10 heteroatoms. The van der Waals surface area contributed by atoms with Crippen molar-refractivity contribution >= 4 is 17.6 Å². The molecule has 3 aromatic heterocycles. The number of rotatable bonds is 5. The first-order chi connectivity index (χ1) is 14.0. The highest BCUT2D eigenvalue weighted by Gasteiger charge is 2.18. The number of ether oxygens (including phenoxy) is 1. The Morgan fingerprint density at radius 2 is 1.90 bits per heavy atom. The van der Waals surface area contributed by atoms with Crippen molar-refractivity contribution in [1.29, 1.82) is 0 Å². The van der Waals surface area contributed by atoms with Crippen LogP contribution in [0, 0.1) is 13.8 Å². The smallest absolute Gasteiger partial charge is 0.359 e. The van der Waals surface area contributed by atoms with Gasteiger partial charge in [-0.1, -0.05) is 29.8 Å². The van der Waals surface area contributed by atoms with Gasteiger partial charge in [-0.05, 0) is 54.6 Å². The molecule has 0 aliphatic carbocycles. The Kier molecular flexibility index (Phi) is 5.05. The lowest BCUT2D eigenvalue weighted by atomic mass is 10.3. The van der Waals surface area contributed by atoms with Crippen LogP contribution < -0.4 is 0 Å². The van der Waals surface area contributed by atoms with E-state index in [1.54, 1.807) is 16.8 Å². The number of hydrogen-bond acceptors (Lipinski definition) is 7. The molecule has 0 aliphatic heterocycles. The maximum Gasteiger partial charge on any atom is 0.359 e. The third kappa shape index (κ3) is 3.85. The number of pyridine rings is 1. The Hall–Kier alpha value is -3.59. The Morgan fingerprint density at radius 3 is 2.62 bits per heavy atom. The van der Waals surface area contributed by atoms with Gasteiger partial charge >= 0.3 is 5.97 Å². The fraction of sp³-hybridized carbons (Fsp3) is 0.158. The second-order valence-electron chi connectivity index (χ2n) is 6.26. The standard InChI is InChI=1S/C19H16ClN7O2/c1-12-10-13(2)26(23-12)16-9-8-15(20)18(21-16)19(28)29-11-17-22-24-25-27(17)14-6-4-3-5-7-14/h3-10H,11H2,1-2H3. The molecular formula is C19H16ClN7O2. The van der Waals surface area contributed by atoms with Crippen molar-refractivity contribution < 1.29 is 9.53 Å². The Bertz CT molecular complexity index is 1170. The molecule has 0 bridgehead atoms. The molecule has 0 atom stereocenters. The van der Waals surface area contributed by atoms with Crippen LogP contribution >= 0.6 is 11.6 Å². The number of aromatic nitrogens is 7. The highest BCUT2D eigenvalue weighted by atomic mass is 35.5. The van der Waals surface area contributed by atoms with Crippen LogP contribution in [0.1, 0.15) is 27.7 Å². The second-order valence-corrected chi connectivity index (χ2v) is 6.66. The van der Waals surface area contributed by atoms with Gasteiger partial charge in [-0.2, -0.15) is 9.78 Å². The number of para-hydroxylation sites is 1. The third-order valence-corrected chi connectivity index (χ3v) is 4.42. The van der Waals surface area contributed by atoms with Gasteiger partial charge in [0, 0.05) is 5.69 Å². The molecule has 0 aliphatic rings. The van der Waals surface area contributed by atoms with E-state index < -0.39 is 5.97 Å². The number of nitrogens with zero attached hydrogens (tertiary/aromatic N) is 7. The number of carbonyl (C=O) groups is 1. The van der Waals surface area contributed by atoms with Gasteiger partial charge in [0.1, 0.15) is 0 Å². The summed E-state index contributed by atoms with van der Waals surface area (Å²) in [5.41, 5.74) is 2.48. The lowest BCUT2D eigenvalue weighted by Gasteiger charge is -2.09. The minimum atomic E-state index is -0.680. The quantitative estimate of drug-likeness (QED) is 0.467. The number of benzene rings is 1. The molecule has 9 nitrogen and oxygen atoms in total. The zero-order valence-corrected chi connectivity index (χ0v) is 16.4. The van der Waals surface area contributed by atoms with Gasteiger partial charge in [0.05, 0.1) is 16.4 Å². The molecule has 0 radical (unpaired) electrons. The van der Waals surface area contributed by atoms with Crippen LogP contribution in [0.5, 0.6) is 0 Å². The van der Waals surface area contributed by atoms with E-state index in [0.717, 1.165) is 17.1 Å². The molecule has 0 saturated carbocycles. The highest BCUT2D eigenvalue weighted by molar-refractivity contribution is 6.33. The van der Waals surface area contributed by atoms with E-state index in [9.17, 15) is 4.79 Å². The van der Waals surface area contributed by atoms with Crippen LogP contribution in [0.15, 0.2) is 48.5 Å². The van der Waals surface area contributed by atoms with E-state index in [1.165, 1.54) is 4.68 Å². The van der Waals surface area contributed by atoms with E-state index in [0.29, 0.717) is 11.6 Å². The fourth-order valence-corrected chi connectivity index (χ4v) is 3.00. The third-order valence-electron chi connectivity index (χ3n) is 4.12. The Balaban J connectivity index is 1.55. The van der Waals surface area contributed by atoms with Crippen LogP contribution in [0.2, 0.25) is 5.02 Å². The molecule has 0 amide bonds. The number of esters is 1. The average Bonchev–Trinajstić information content (AvgIpc) is 3.33. The number of carbonyl (C=O) groups excluding carboxylic acids is 1. The van der Waals surface area contributed by atoms with Gasteiger partial charge in [0.25, 0.3) is 0 Å². The zero-order chi connectivity index (χ0) is 20.4. The topological polar surface area (TPSA) is 101 Å². The number of hydrogen-bond donors (Lipinski definition) is 0. The van der Waals surface area contributed by atoms with E-state index >= 15 is 0 Å². The zero-order valence-electron chi connectivity index (χ0n) is 15.7. The Labute approximate surface area is 170 Å². The molecule has 0 spiro atoms. The van der Waals surface area contributed by atoms with Crippen LogP contribution in [0.25, 0.3) is 11.5 Å². The summed E-state index contributed by atoms with van der Waals surface area (Å²) in [6.07, 6.45) is 0. The predicted octanol–water partition coefficient (Wildman–Crippen LogP) is 2.87. The van der Waals surface area contributed by atoms with Crippen molar-refractivity contribution in [3.8, 4) is 11.5 Å². The Morgan fingerprint density at radius 1 is 1.10 bits per heavy atom. The molecule has 4 aromatic rings. The summed E-state index contributed by atoms with van der Waals surface area (Å²) in [5.74, 6) is 0.164. The van der Waals surface area contributed by atoms with Gasteiger partial charge in [-0.25, -0.2) is 14.5 Å². The van der Waals surface area contributed by atoms with Gasteiger partial charge < -0.3 is 4.74 Å². The molecular weight excluding hydrogens is 394 g/mol. The summed E-state index contributed by atoms with van der Waals surface area (Å²) >= 11 is 6.17. The highest BCUT2D eigenvalue weighted by Crippen LogP contribution is 2.19. The van der Waals surface area contributed by atoms with E-state index in [1.807, 2.05) is 50.2 Å². The van der Waals surface area contributed by atoms with Crippen molar-refractivity contribution in [3.63, 3.8) is 0 Å². The van der Waals surface area contributed by atoms with E-state index in [4.69, 9.17) is 16.3 Å². The maximum absolute atomic E-state index is 12.6. The normalized spacial score (nSPS) is 10.9. The van der Waals surface area contributed by atoms with E-state index in [-0.39, 0.29) is 17.3 Å². The summed E-state index contributed by atoms with van der Waals surface area (Å²) in [6.45, 7) is 3.64. The molecule has 0 unspecified atom stereocenters. The van der Waals surface area contributed by atoms with Crippen molar-refractivity contribution in [2.45, 2.75) is 20.5 Å². The first kappa shape index (κ1) is 18.8. The average molecular weight is 410 g/mol. The van der Waals surface area contributed by atoms with E-state index in [2.05, 4.69) is 25.6 Å². The van der Waals surface area contributed by atoms with Crippen LogP contribution in [0.4, 0.5) is 0 Å². The summed E-state index contributed by atoms with van der Waals surface area (Å²) in [7, 11) is 0. The van der Waals surface area contributed by atoms with Gasteiger partial charge in [0.2, 0.25) is 0 Å². The largest absolute Gasteiger partial charge is 0.453 e. The summed E-state index contributed by atoms with van der Waals surface area (Å²) < 4.78 is 8.49. The molecule has 0 saturated heterocycles. The first-order valence-corrected chi connectivity index (χ1v) is 9.10. The van der Waals surface area contributed by atoms with Gasteiger partial charge in [-0.15, -0.1) is 5.10 Å². The first-order valence-electron chi connectivity index (χ1n) is 8.73. The van der Waals surface area contributed by atoms with Crippen LogP contribution in [0.3, 0.4) is 0 Å². The van der Waals surface area contributed by atoms with Crippen molar-refractivity contribution in [2.75, 3.05) is 0 Å². The predicted molar refractivity (Wildman–Crippen MR) is 104 cm³/mol.